The Morgan fingerprint density at radius 1 is 1.05 bits per heavy atom. The molecule has 0 atom stereocenters. The monoisotopic (exact) mass is 346 g/mol. The van der Waals surface area contributed by atoms with Crippen LogP contribution >= 0.6 is 11.3 Å². The molecule has 0 aliphatic rings. The maximum Gasteiger partial charge on any atom is 0.173 e. The van der Waals surface area contributed by atoms with Gasteiger partial charge in [-0.2, -0.15) is 0 Å². The molecule has 2 aromatic heterocycles. The summed E-state index contributed by atoms with van der Waals surface area (Å²) in [7, 11) is 0. The van der Waals surface area contributed by atoms with Gasteiger partial charge in [0.1, 0.15) is 5.01 Å². The Bertz CT molecular complexity index is 662. The first-order valence-corrected chi connectivity index (χ1v) is 7.15. The number of aryl methyl sites for hydroxylation is 1. The van der Waals surface area contributed by atoms with E-state index in [2.05, 4.69) is 63.7 Å². The molecular formula is C16H15BrN2S. The molecule has 2 heterocycles. The highest BCUT2D eigenvalue weighted by Crippen LogP contribution is 2.21. The summed E-state index contributed by atoms with van der Waals surface area (Å²) in [5, 5.41) is 3.17. The minimum absolute atomic E-state index is 0. The van der Waals surface area contributed by atoms with Crippen LogP contribution in [0.5, 0.6) is 0 Å². The Kier molecular flexibility index (Phi) is 5.04. The van der Waals surface area contributed by atoms with Crippen LogP contribution in [0.15, 0.2) is 60.2 Å². The average molecular weight is 347 g/mol. The molecule has 0 fully saturated rings. The zero-order valence-corrected chi connectivity index (χ0v) is 13.6. The van der Waals surface area contributed by atoms with Gasteiger partial charge in [-0.25, -0.2) is 9.55 Å². The smallest absolute Gasteiger partial charge is 0.173 e. The van der Waals surface area contributed by atoms with Crippen molar-refractivity contribution in [3.8, 4) is 10.6 Å². The van der Waals surface area contributed by atoms with Gasteiger partial charge in [-0.3, -0.25) is 0 Å². The molecule has 0 unspecified atom stereocenters. The van der Waals surface area contributed by atoms with Crippen molar-refractivity contribution >= 4 is 11.3 Å². The molecule has 2 nitrogen and oxygen atoms in total. The number of hydrogen-bond donors (Lipinski definition) is 0. The lowest BCUT2D eigenvalue weighted by Gasteiger charge is -1.98. The summed E-state index contributed by atoms with van der Waals surface area (Å²) in [6.07, 6.45) is 4.22. The number of nitrogens with zero attached hydrogens (tertiary/aromatic N) is 2. The minimum Gasteiger partial charge on any atom is -1.00 e. The quantitative estimate of drug-likeness (QED) is 0.629. The number of aromatic nitrogens is 2. The van der Waals surface area contributed by atoms with Gasteiger partial charge in [0.25, 0.3) is 0 Å². The second-order valence-electron chi connectivity index (χ2n) is 4.54. The first-order valence-electron chi connectivity index (χ1n) is 6.27. The number of benzene rings is 1. The zero-order valence-electron chi connectivity index (χ0n) is 11.2. The van der Waals surface area contributed by atoms with Crippen molar-refractivity contribution < 1.29 is 21.5 Å². The third kappa shape index (κ3) is 3.52. The predicted molar refractivity (Wildman–Crippen MR) is 78.0 cm³/mol. The van der Waals surface area contributed by atoms with Crippen LogP contribution in [0, 0.1) is 6.92 Å². The van der Waals surface area contributed by atoms with Crippen LogP contribution in [-0.4, -0.2) is 4.98 Å². The second-order valence-corrected chi connectivity index (χ2v) is 5.40. The molecule has 0 aliphatic carbocycles. The van der Waals surface area contributed by atoms with Crippen LogP contribution in [0.3, 0.4) is 0 Å². The first kappa shape index (κ1) is 14.9. The third-order valence-electron chi connectivity index (χ3n) is 2.97. The van der Waals surface area contributed by atoms with Gasteiger partial charge in [0, 0.05) is 34.3 Å². The van der Waals surface area contributed by atoms with Crippen LogP contribution in [0.25, 0.3) is 10.6 Å². The molecule has 4 heteroatoms. The zero-order chi connectivity index (χ0) is 13.1. The number of halogens is 1. The average Bonchev–Trinajstić information content (AvgIpc) is 2.87. The predicted octanol–water partition coefficient (Wildman–Crippen LogP) is 0.458. The van der Waals surface area contributed by atoms with Gasteiger partial charge in [-0.1, -0.05) is 30.3 Å². The van der Waals surface area contributed by atoms with E-state index in [9.17, 15) is 0 Å². The molecule has 3 aromatic rings. The van der Waals surface area contributed by atoms with Gasteiger partial charge in [-0.15, -0.1) is 11.3 Å². The highest BCUT2D eigenvalue weighted by atomic mass is 79.9. The van der Waals surface area contributed by atoms with E-state index in [0.717, 1.165) is 17.2 Å². The molecular weight excluding hydrogens is 332 g/mol. The lowest BCUT2D eigenvalue weighted by atomic mass is 10.2. The normalized spacial score (nSPS) is 10.1. The van der Waals surface area contributed by atoms with Gasteiger partial charge >= 0.3 is 0 Å². The molecule has 1 aromatic carbocycles. The molecule has 0 bridgehead atoms. The molecule has 0 radical (unpaired) electrons. The number of hydrogen-bond acceptors (Lipinski definition) is 2. The van der Waals surface area contributed by atoms with Gasteiger partial charge in [-0.05, 0) is 6.92 Å². The SMILES string of the molecule is Cc1csc(-c2cc[n+](Cc3ccccc3)cc2)n1.[Br-]. The Morgan fingerprint density at radius 2 is 1.75 bits per heavy atom. The van der Waals surface area contributed by atoms with E-state index < -0.39 is 0 Å². The maximum absolute atomic E-state index is 4.50. The molecule has 0 spiro atoms. The van der Waals surface area contributed by atoms with Gasteiger partial charge in [0.05, 0.1) is 0 Å². The van der Waals surface area contributed by atoms with Crippen LogP contribution < -0.4 is 21.5 Å². The Balaban J connectivity index is 0.00000147. The fourth-order valence-electron chi connectivity index (χ4n) is 1.99. The summed E-state index contributed by atoms with van der Waals surface area (Å²) in [5.74, 6) is 0. The Morgan fingerprint density at radius 3 is 2.35 bits per heavy atom. The van der Waals surface area contributed by atoms with Crippen molar-refractivity contribution in [1.82, 2.24) is 4.98 Å². The summed E-state index contributed by atoms with van der Waals surface area (Å²) in [6.45, 7) is 2.93. The van der Waals surface area contributed by atoms with Crippen molar-refractivity contribution in [2.24, 2.45) is 0 Å². The van der Waals surface area contributed by atoms with Crippen molar-refractivity contribution in [2.45, 2.75) is 13.5 Å². The summed E-state index contributed by atoms with van der Waals surface area (Å²) < 4.78 is 2.18. The van der Waals surface area contributed by atoms with Gasteiger partial charge in [0.2, 0.25) is 0 Å². The molecule has 20 heavy (non-hydrogen) atoms. The summed E-state index contributed by atoms with van der Waals surface area (Å²) in [5.41, 5.74) is 3.58. The number of thiazole rings is 1. The largest absolute Gasteiger partial charge is 1.00 e. The lowest BCUT2D eigenvalue weighted by Crippen LogP contribution is -3.00. The molecule has 0 N–H and O–H groups in total. The molecule has 0 saturated carbocycles. The van der Waals surface area contributed by atoms with Crippen molar-refractivity contribution in [3.05, 3.63) is 71.5 Å². The standard InChI is InChI=1S/C16H15N2S.BrH/c1-13-12-19-16(17-13)15-7-9-18(10-8-15)11-14-5-3-2-4-6-14;/h2-10,12H,11H2,1H3;1H/q+1;/p-1. The van der Waals surface area contributed by atoms with Crippen LogP contribution in [-0.2, 0) is 6.54 Å². The molecule has 3 rings (SSSR count). The third-order valence-corrected chi connectivity index (χ3v) is 3.97. The first-order chi connectivity index (χ1) is 9.31. The summed E-state index contributed by atoms with van der Waals surface area (Å²) >= 11 is 1.69. The number of pyridine rings is 1. The van der Waals surface area contributed by atoms with E-state index in [4.69, 9.17) is 0 Å². The van der Waals surface area contributed by atoms with E-state index in [-0.39, 0.29) is 17.0 Å². The second kappa shape index (κ2) is 6.77. The summed E-state index contributed by atoms with van der Waals surface area (Å²) in [6, 6.07) is 14.7. The lowest BCUT2D eigenvalue weighted by molar-refractivity contribution is -0.688. The van der Waals surface area contributed by atoms with Gasteiger partial charge in [0.15, 0.2) is 18.9 Å². The number of rotatable bonds is 3. The Hall–Kier alpha value is -1.52. The van der Waals surface area contributed by atoms with E-state index in [1.165, 1.54) is 11.1 Å². The maximum atomic E-state index is 4.50. The molecule has 0 amide bonds. The molecule has 0 saturated heterocycles. The van der Waals surface area contributed by atoms with Crippen molar-refractivity contribution in [2.75, 3.05) is 0 Å². The van der Waals surface area contributed by atoms with Crippen molar-refractivity contribution in [3.63, 3.8) is 0 Å². The summed E-state index contributed by atoms with van der Waals surface area (Å²) in [4.78, 5) is 4.50. The Labute approximate surface area is 133 Å². The van der Waals surface area contributed by atoms with Crippen LogP contribution in [0.4, 0.5) is 0 Å². The van der Waals surface area contributed by atoms with Crippen molar-refractivity contribution in [1.29, 1.82) is 0 Å². The van der Waals surface area contributed by atoms with Crippen LogP contribution in [0.2, 0.25) is 0 Å². The van der Waals surface area contributed by atoms with E-state index in [1.54, 1.807) is 11.3 Å². The fourth-order valence-corrected chi connectivity index (χ4v) is 2.79. The van der Waals surface area contributed by atoms with E-state index in [1.807, 2.05) is 13.0 Å². The van der Waals surface area contributed by atoms with E-state index in [0.29, 0.717) is 0 Å². The van der Waals surface area contributed by atoms with Gasteiger partial charge < -0.3 is 17.0 Å². The topological polar surface area (TPSA) is 16.8 Å². The highest BCUT2D eigenvalue weighted by Gasteiger charge is 2.06. The molecule has 102 valence electrons. The molecule has 0 aliphatic heterocycles. The minimum atomic E-state index is 0. The van der Waals surface area contributed by atoms with E-state index >= 15 is 0 Å². The van der Waals surface area contributed by atoms with Crippen LogP contribution in [0.1, 0.15) is 11.3 Å². The highest BCUT2D eigenvalue weighted by molar-refractivity contribution is 7.13. The fraction of sp³-hybridized carbons (Fsp3) is 0.125.